The van der Waals surface area contributed by atoms with Crippen LogP contribution in [0.3, 0.4) is 0 Å². The number of rotatable bonds is 5. The van der Waals surface area contributed by atoms with E-state index in [9.17, 15) is 0 Å². The van der Waals surface area contributed by atoms with Gasteiger partial charge in [0.2, 0.25) is 0 Å². The number of thiocarbonyl (C=S) groups is 1. The maximum Gasteiger partial charge on any atom is 0.166 e. The van der Waals surface area contributed by atoms with Crippen LogP contribution in [-0.4, -0.2) is 35.2 Å². The van der Waals surface area contributed by atoms with Gasteiger partial charge in [-0.2, -0.15) is 0 Å². The predicted octanol–water partition coefficient (Wildman–Crippen LogP) is 3.84. The third-order valence-corrected chi connectivity index (χ3v) is 5.97. The van der Waals surface area contributed by atoms with Crippen LogP contribution < -0.4 is 10.6 Å². The molecule has 132 valence electrons. The van der Waals surface area contributed by atoms with Gasteiger partial charge in [-0.05, 0) is 56.6 Å². The summed E-state index contributed by atoms with van der Waals surface area (Å²) < 4.78 is 0. The van der Waals surface area contributed by atoms with E-state index < -0.39 is 0 Å². The van der Waals surface area contributed by atoms with Gasteiger partial charge in [-0.1, -0.05) is 56.0 Å². The molecular weight excluding hydrogens is 314 g/mol. The first-order chi connectivity index (χ1) is 11.8. The molecule has 0 bridgehead atoms. The van der Waals surface area contributed by atoms with E-state index in [1.807, 2.05) is 6.07 Å². The second-order valence-electron chi connectivity index (χ2n) is 7.35. The summed E-state index contributed by atoms with van der Waals surface area (Å²) in [5.41, 5.74) is 1.60. The minimum atomic E-state index is 0.331. The molecule has 0 aromatic heterocycles. The van der Waals surface area contributed by atoms with E-state index in [1.165, 1.54) is 70.0 Å². The van der Waals surface area contributed by atoms with E-state index >= 15 is 0 Å². The lowest BCUT2D eigenvalue weighted by atomic mass is 9.79. The van der Waals surface area contributed by atoms with Gasteiger partial charge in [0.1, 0.15) is 0 Å². The highest BCUT2D eigenvalue weighted by Crippen LogP contribution is 2.35. The van der Waals surface area contributed by atoms with Gasteiger partial charge in [0.05, 0.1) is 0 Å². The van der Waals surface area contributed by atoms with E-state index in [2.05, 4.69) is 39.8 Å². The van der Waals surface area contributed by atoms with Gasteiger partial charge in [0.25, 0.3) is 0 Å². The van der Waals surface area contributed by atoms with Crippen LogP contribution in [0.25, 0.3) is 0 Å². The van der Waals surface area contributed by atoms with Crippen LogP contribution in [0.4, 0.5) is 0 Å². The van der Waals surface area contributed by atoms with Gasteiger partial charge in [0, 0.05) is 18.6 Å². The molecule has 1 aliphatic carbocycles. The molecule has 1 aromatic rings. The molecule has 0 radical (unpaired) electrons. The molecule has 0 atom stereocenters. The molecule has 0 spiro atoms. The normalized spacial score (nSPS) is 21.2. The Morgan fingerprint density at radius 1 is 0.917 bits per heavy atom. The van der Waals surface area contributed by atoms with Crippen LogP contribution in [-0.2, 0) is 6.54 Å². The number of benzene rings is 1. The van der Waals surface area contributed by atoms with Crippen molar-refractivity contribution in [3.63, 3.8) is 0 Å². The lowest BCUT2D eigenvalue weighted by Crippen LogP contribution is -2.58. The lowest BCUT2D eigenvalue weighted by molar-refractivity contribution is 0.0369. The van der Waals surface area contributed by atoms with Crippen molar-refractivity contribution >= 4 is 17.3 Å². The Morgan fingerprint density at radius 3 is 2.29 bits per heavy atom. The highest BCUT2D eigenvalue weighted by molar-refractivity contribution is 7.80. The van der Waals surface area contributed by atoms with Gasteiger partial charge in [-0.15, -0.1) is 0 Å². The Kier molecular flexibility index (Phi) is 6.50. The first-order valence-electron chi connectivity index (χ1n) is 9.59. The van der Waals surface area contributed by atoms with E-state index in [-0.39, 0.29) is 0 Å². The maximum absolute atomic E-state index is 5.53. The molecule has 1 heterocycles. The highest BCUT2D eigenvalue weighted by atomic mass is 32.1. The minimum Gasteiger partial charge on any atom is -0.361 e. The monoisotopic (exact) mass is 345 g/mol. The second kappa shape index (κ2) is 8.82. The standard InChI is InChI=1S/C20H31N3S/c24-19(21-16-18-10-4-1-5-11-18)22-17-20(12-6-2-7-13-20)23-14-8-3-9-15-23/h1,4-5,10-11H,2-3,6-9,12-17H2,(H2,21,22,24). The Labute approximate surface area is 152 Å². The summed E-state index contributed by atoms with van der Waals surface area (Å²) >= 11 is 5.53. The number of likely N-dealkylation sites (tertiary alicyclic amines) is 1. The molecule has 3 nitrogen and oxygen atoms in total. The topological polar surface area (TPSA) is 27.3 Å². The third kappa shape index (κ3) is 4.70. The fourth-order valence-electron chi connectivity index (χ4n) is 4.27. The Hall–Kier alpha value is -1.13. The van der Waals surface area contributed by atoms with E-state index in [1.54, 1.807) is 0 Å². The van der Waals surface area contributed by atoms with E-state index in [0.29, 0.717) is 5.54 Å². The zero-order chi connectivity index (χ0) is 16.7. The molecule has 1 saturated heterocycles. The molecule has 1 aromatic carbocycles. The smallest absolute Gasteiger partial charge is 0.166 e. The lowest BCUT2D eigenvalue weighted by Gasteiger charge is -2.48. The zero-order valence-corrected chi connectivity index (χ0v) is 15.5. The molecular formula is C20H31N3S. The van der Waals surface area contributed by atoms with Crippen LogP contribution in [0.5, 0.6) is 0 Å². The molecule has 1 aliphatic heterocycles. The summed E-state index contributed by atoms with van der Waals surface area (Å²) in [6.45, 7) is 4.33. The quantitative estimate of drug-likeness (QED) is 0.793. The number of hydrogen-bond acceptors (Lipinski definition) is 2. The summed E-state index contributed by atoms with van der Waals surface area (Å²) in [7, 11) is 0. The maximum atomic E-state index is 5.53. The number of piperidine rings is 1. The molecule has 2 N–H and O–H groups in total. The summed E-state index contributed by atoms with van der Waals surface area (Å²) in [5.74, 6) is 0. The fraction of sp³-hybridized carbons (Fsp3) is 0.650. The molecule has 4 heteroatoms. The van der Waals surface area contributed by atoms with Gasteiger partial charge < -0.3 is 10.6 Å². The summed E-state index contributed by atoms with van der Waals surface area (Å²) in [6.07, 6.45) is 10.9. The molecule has 0 amide bonds. The fourth-order valence-corrected chi connectivity index (χ4v) is 4.41. The Bertz CT molecular complexity index is 505. The van der Waals surface area contributed by atoms with Crippen molar-refractivity contribution in [2.24, 2.45) is 0 Å². The largest absolute Gasteiger partial charge is 0.361 e. The predicted molar refractivity (Wildman–Crippen MR) is 105 cm³/mol. The van der Waals surface area contributed by atoms with Crippen molar-refractivity contribution in [1.29, 1.82) is 0 Å². The van der Waals surface area contributed by atoms with Crippen LogP contribution >= 0.6 is 12.2 Å². The average molecular weight is 346 g/mol. The summed E-state index contributed by atoms with van der Waals surface area (Å²) in [4.78, 5) is 2.77. The van der Waals surface area contributed by atoms with Crippen LogP contribution in [0, 0.1) is 0 Å². The third-order valence-electron chi connectivity index (χ3n) is 5.69. The van der Waals surface area contributed by atoms with Gasteiger partial charge >= 0.3 is 0 Å². The zero-order valence-electron chi connectivity index (χ0n) is 14.7. The Balaban J connectivity index is 1.52. The van der Waals surface area contributed by atoms with Gasteiger partial charge in [-0.3, -0.25) is 4.90 Å². The SMILES string of the molecule is S=C(NCc1ccccc1)NCC1(N2CCCCC2)CCCCC1. The Morgan fingerprint density at radius 2 is 1.58 bits per heavy atom. The summed E-state index contributed by atoms with van der Waals surface area (Å²) in [5, 5.41) is 7.69. The van der Waals surface area contributed by atoms with E-state index in [0.717, 1.165) is 18.2 Å². The van der Waals surface area contributed by atoms with Crippen molar-refractivity contribution < 1.29 is 0 Å². The minimum absolute atomic E-state index is 0.331. The molecule has 2 fully saturated rings. The average Bonchev–Trinajstić information content (AvgIpc) is 2.67. The molecule has 0 unspecified atom stereocenters. The molecule has 1 saturated carbocycles. The van der Waals surface area contributed by atoms with Gasteiger partial charge in [-0.25, -0.2) is 0 Å². The molecule has 3 rings (SSSR count). The van der Waals surface area contributed by atoms with Crippen LogP contribution in [0.15, 0.2) is 30.3 Å². The number of nitrogens with one attached hydrogen (secondary N) is 2. The second-order valence-corrected chi connectivity index (χ2v) is 7.76. The highest BCUT2D eigenvalue weighted by Gasteiger charge is 2.38. The van der Waals surface area contributed by atoms with Crippen molar-refractivity contribution in [2.75, 3.05) is 19.6 Å². The number of nitrogens with zero attached hydrogens (tertiary/aromatic N) is 1. The van der Waals surface area contributed by atoms with Crippen LogP contribution in [0.2, 0.25) is 0 Å². The van der Waals surface area contributed by atoms with E-state index in [4.69, 9.17) is 12.2 Å². The van der Waals surface area contributed by atoms with Gasteiger partial charge in [0.15, 0.2) is 5.11 Å². The van der Waals surface area contributed by atoms with Crippen molar-refractivity contribution in [3.8, 4) is 0 Å². The summed E-state index contributed by atoms with van der Waals surface area (Å²) in [6, 6.07) is 10.4. The first-order valence-corrected chi connectivity index (χ1v) is 10.0. The van der Waals surface area contributed by atoms with Crippen molar-refractivity contribution in [3.05, 3.63) is 35.9 Å². The van der Waals surface area contributed by atoms with Crippen LogP contribution in [0.1, 0.15) is 56.9 Å². The number of hydrogen-bond donors (Lipinski definition) is 2. The molecule has 2 aliphatic rings. The first kappa shape index (κ1) is 17.7. The van der Waals surface area contributed by atoms with Crippen molar-refractivity contribution in [2.45, 2.75) is 63.5 Å². The van der Waals surface area contributed by atoms with Crippen molar-refractivity contribution in [1.82, 2.24) is 15.5 Å². The molecule has 24 heavy (non-hydrogen) atoms.